The first-order valence-corrected chi connectivity index (χ1v) is 10.9. The SMILES string of the molecule is CN(c1ccc2c(=O)c(-c3ccc(OCC4CC4)cc3)coc2c1)S(C)(=O)=O. The standard InChI is InChI=1S/C21H21NO5S/c1-22(28(2,24)25)16-7-10-18-20(11-16)27-13-19(21(18)23)15-5-8-17(9-6-15)26-12-14-3-4-14/h5-11,13-14H,3-4,12H2,1-2H3. The summed E-state index contributed by atoms with van der Waals surface area (Å²) >= 11 is 0. The van der Waals surface area contributed by atoms with Gasteiger partial charge in [0.1, 0.15) is 17.6 Å². The number of nitrogens with zero attached hydrogens (tertiary/aromatic N) is 1. The van der Waals surface area contributed by atoms with Gasteiger partial charge in [-0.2, -0.15) is 0 Å². The second-order valence-electron chi connectivity index (χ2n) is 7.17. The van der Waals surface area contributed by atoms with E-state index in [-0.39, 0.29) is 5.43 Å². The Morgan fingerprint density at radius 2 is 1.86 bits per heavy atom. The monoisotopic (exact) mass is 399 g/mol. The van der Waals surface area contributed by atoms with E-state index in [4.69, 9.17) is 9.15 Å². The van der Waals surface area contributed by atoms with E-state index < -0.39 is 10.0 Å². The van der Waals surface area contributed by atoms with Crippen molar-refractivity contribution in [3.8, 4) is 16.9 Å². The molecule has 0 atom stereocenters. The van der Waals surface area contributed by atoms with Crippen LogP contribution in [0.4, 0.5) is 5.69 Å². The Morgan fingerprint density at radius 1 is 1.14 bits per heavy atom. The molecular weight excluding hydrogens is 378 g/mol. The van der Waals surface area contributed by atoms with E-state index in [1.165, 1.54) is 26.2 Å². The van der Waals surface area contributed by atoms with Gasteiger partial charge in [0.05, 0.1) is 29.5 Å². The lowest BCUT2D eigenvalue weighted by Crippen LogP contribution is -2.24. The van der Waals surface area contributed by atoms with Gasteiger partial charge in [-0.15, -0.1) is 0 Å². The van der Waals surface area contributed by atoms with Crippen molar-refractivity contribution in [1.82, 2.24) is 0 Å². The number of benzene rings is 2. The lowest BCUT2D eigenvalue weighted by atomic mass is 10.1. The maximum atomic E-state index is 12.9. The van der Waals surface area contributed by atoms with Crippen LogP contribution in [0, 0.1) is 5.92 Å². The van der Waals surface area contributed by atoms with Crippen LogP contribution < -0.4 is 14.5 Å². The molecule has 2 aromatic carbocycles. The molecule has 0 saturated heterocycles. The molecule has 28 heavy (non-hydrogen) atoms. The fourth-order valence-electron chi connectivity index (χ4n) is 2.93. The van der Waals surface area contributed by atoms with E-state index in [9.17, 15) is 13.2 Å². The zero-order chi connectivity index (χ0) is 19.9. The lowest BCUT2D eigenvalue weighted by Gasteiger charge is -2.16. The molecule has 1 aromatic heterocycles. The first-order valence-electron chi connectivity index (χ1n) is 9.05. The molecule has 3 aromatic rings. The minimum Gasteiger partial charge on any atom is -0.493 e. The first-order chi connectivity index (χ1) is 13.3. The summed E-state index contributed by atoms with van der Waals surface area (Å²) < 4.78 is 35.9. The Morgan fingerprint density at radius 3 is 2.50 bits per heavy atom. The highest BCUT2D eigenvalue weighted by Gasteiger charge is 2.22. The predicted octanol–water partition coefficient (Wildman–Crippen LogP) is 3.64. The molecule has 0 radical (unpaired) electrons. The average molecular weight is 399 g/mol. The van der Waals surface area contributed by atoms with Gasteiger partial charge in [-0.3, -0.25) is 9.10 Å². The highest BCUT2D eigenvalue weighted by atomic mass is 32.2. The van der Waals surface area contributed by atoms with Gasteiger partial charge in [0.2, 0.25) is 10.0 Å². The van der Waals surface area contributed by atoms with Crippen LogP contribution in [-0.2, 0) is 10.0 Å². The van der Waals surface area contributed by atoms with Crippen LogP contribution in [0.3, 0.4) is 0 Å². The van der Waals surface area contributed by atoms with Gasteiger partial charge in [-0.1, -0.05) is 12.1 Å². The number of anilines is 1. The molecule has 1 heterocycles. The maximum absolute atomic E-state index is 12.9. The average Bonchev–Trinajstić information content (AvgIpc) is 3.50. The van der Waals surface area contributed by atoms with Crippen molar-refractivity contribution >= 4 is 26.7 Å². The number of hydrogen-bond donors (Lipinski definition) is 0. The van der Waals surface area contributed by atoms with Crippen LogP contribution in [0.5, 0.6) is 5.75 Å². The van der Waals surface area contributed by atoms with Crippen molar-refractivity contribution in [2.75, 3.05) is 24.2 Å². The zero-order valence-electron chi connectivity index (χ0n) is 15.7. The molecule has 1 saturated carbocycles. The summed E-state index contributed by atoms with van der Waals surface area (Å²) in [5, 5.41) is 0.400. The third-order valence-electron chi connectivity index (χ3n) is 4.97. The summed E-state index contributed by atoms with van der Waals surface area (Å²) in [7, 11) is -1.94. The summed E-state index contributed by atoms with van der Waals surface area (Å²) in [4.78, 5) is 12.9. The van der Waals surface area contributed by atoms with E-state index >= 15 is 0 Å². The molecule has 1 aliphatic rings. The van der Waals surface area contributed by atoms with Gasteiger partial charge in [-0.05, 0) is 48.6 Å². The van der Waals surface area contributed by atoms with Gasteiger partial charge >= 0.3 is 0 Å². The van der Waals surface area contributed by atoms with Gasteiger partial charge in [0.25, 0.3) is 0 Å². The molecular formula is C21H21NO5S. The zero-order valence-corrected chi connectivity index (χ0v) is 16.5. The van der Waals surface area contributed by atoms with Crippen molar-refractivity contribution < 1.29 is 17.6 Å². The lowest BCUT2D eigenvalue weighted by molar-refractivity contribution is 0.300. The molecule has 0 bridgehead atoms. The van der Waals surface area contributed by atoms with Gasteiger partial charge in [-0.25, -0.2) is 8.42 Å². The maximum Gasteiger partial charge on any atom is 0.231 e. The molecule has 0 aliphatic heterocycles. The molecule has 0 unspecified atom stereocenters. The van der Waals surface area contributed by atoms with E-state index in [2.05, 4.69) is 0 Å². The Kier molecular flexibility index (Phi) is 4.63. The first kappa shape index (κ1) is 18.6. The van der Waals surface area contributed by atoms with E-state index in [0.717, 1.165) is 28.5 Å². The van der Waals surface area contributed by atoms with Crippen molar-refractivity contribution in [2.24, 2.45) is 5.92 Å². The topological polar surface area (TPSA) is 76.8 Å². The van der Waals surface area contributed by atoms with Crippen LogP contribution in [0.1, 0.15) is 12.8 Å². The number of rotatable bonds is 6. The van der Waals surface area contributed by atoms with Crippen molar-refractivity contribution in [2.45, 2.75) is 12.8 Å². The number of hydrogen-bond acceptors (Lipinski definition) is 5. The minimum atomic E-state index is -3.39. The quantitative estimate of drug-likeness (QED) is 0.632. The fourth-order valence-corrected chi connectivity index (χ4v) is 3.43. The van der Waals surface area contributed by atoms with E-state index in [1.54, 1.807) is 18.2 Å². The molecule has 4 rings (SSSR count). The third-order valence-corrected chi connectivity index (χ3v) is 6.17. The summed E-state index contributed by atoms with van der Waals surface area (Å²) in [6.45, 7) is 0.738. The number of ether oxygens (including phenoxy) is 1. The number of sulfonamides is 1. The molecule has 0 amide bonds. The van der Waals surface area contributed by atoms with Gasteiger partial charge < -0.3 is 9.15 Å². The van der Waals surface area contributed by atoms with Crippen LogP contribution in [0.15, 0.2) is 57.9 Å². The molecule has 0 N–H and O–H groups in total. The van der Waals surface area contributed by atoms with Crippen LogP contribution in [0.2, 0.25) is 0 Å². The molecule has 0 spiro atoms. The Hall–Kier alpha value is -2.80. The van der Waals surface area contributed by atoms with Crippen molar-refractivity contribution in [1.29, 1.82) is 0 Å². The fraction of sp³-hybridized carbons (Fsp3) is 0.286. The van der Waals surface area contributed by atoms with Crippen LogP contribution in [0.25, 0.3) is 22.1 Å². The highest BCUT2D eigenvalue weighted by molar-refractivity contribution is 7.92. The summed E-state index contributed by atoms with van der Waals surface area (Å²) in [6, 6.07) is 12.1. The van der Waals surface area contributed by atoms with E-state index in [1.807, 2.05) is 24.3 Å². The van der Waals surface area contributed by atoms with Crippen molar-refractivity contribution in [3.05, 3.63) is 59.0 Å². The summed E-state index contributed by atoms with van der Waals surface area (Å²) in [6.07, 6.45) is 5.00. The van der Waals surface area contributed by atoms with Gasteiger partial charge in [0.15, 0.2) is 5.43 Å². The van der Waals surface area contributed by atoms with E-state index in [0.29, 0.717) is 28.1 Å². The second-order valence-corrected chi connectivity index (χ2v) is 9.18. The normalized spacial score (nSPS) is 14.2. The molecule has 6 nitrogen and oxygen atoms in total. The molecule has 1 aliphatic carbocycles. The highest BCUT2D eigenvalue weighted by Crippen LogP contribution is 2.30. The third kappa shape index (κ3) is 3.75. The second kappa shape index (κ2) is 6.98. The van der Waals surface area contributed by atoms with Crippen molar-refractivity contribution in [3.63, 3.8) is 0 Å². The molecule has 1 fully saturated rings. The summed E-state index contributed by atoms with van der Waals surface area (Å²) in [5.74, 6) is 1.47. The molecule has 7 heteroatoms. The van der Waals surface area contributed by atoms with Gasteiger partial charge in [0, 0.05) is 13.1 Å². The largest absolute Gasteiger partial charge is 0.493 e. The van der Waals surface area contributed by atoms with Crippen LogP contribution in [-0.4, -0.2) is 28.3 Å². The number of fused-ring (bicyclic) bond motifs is 1. The Bertz CT molecular complexity index is 1180. The predicted molar refractivity (Wildman–Crippen MR) is 109 cm³/mol. The van der Waals surface area contributed by atoms with Crippen LogP contribution >= 0.6 is 0 Å². The minimum absolute atomic E-state index is 0.165. The Labute approximate surface area is 163 Å². The Balaban J connectivity index is 1.65. The smallest absolute Gasteiger partial charge is 0.231 e. The molecule has 146 valence electrons. The summed E-state index contributed by atoms with van der Waals surface area (Å²) in [5.41, 5.74) is 1.80.